The Morgan fingerprint density at radius 1 is 1.37 bits per heavy atom. The van der Waals surface area contributed by atoms with Crippen molar-refractivity contribution in [2.75, 3.05) is 13.7 Å². The van der Waals surface area contributed by atoms with Crippen molar-refractivity contribution in [2.45, 2.75) is 20.3 Å². The summed E-state index contributed by atoms with van der Waals surface area (Å²) < 4.78 is 10.8. The van der Waals surface area contributed by atoms with Crippen LogP contribution in [-0.4, -0.2) is 25.3 Å². The summed E-state index contributed by atoms with van der Waals surface area (Å²) in [7, 11) is 1.52. The minimum Gasteiger partial charge on any atom is -0.496 e. The summed E-state index contributed by atoms with van der Waals surface area (Å²) in [6, 6.07) is 3.41. The Morgan fingerprint density at radius 2 is 2.11 bits per heavy atom. The Bertz CT molecular complexity index is 570. The molecule has 0 spiro atoms. The first-order valence-corrected chi connectivity index (χ1v) is 6.14. The first-order chi connectivity index (χ1) is 9.10. The molecule has 0 fully saturated rings. The molecule has 4 heteroatoms. The van der Waals surface area contributed by atoms with Crippen molar-refractivity contribution in [3.8, 4) is 11.5 Å². The number of hydrogen-bond acceptors (Lipinski definition) is 4. The average Bonchev–Trinajstić information content (AvgIpc) is 2.85. The number of ether oxygens (including phenoxy) is 2. The summed E-state index contributed by atoms with van der Waals surface area (Å²) >= 11 is 0. The number of rotatable bonds is 4. The number of benzene rings is 1. The van der Waals surface area contributed by atoms with Gasteiger partial charge in [-0.15, -0.1) is 0 Å². The normalized spacial score (nSPS) is 13.7. The highest BCUT2D eigenvalue weighted by Gasteiger charge is 2.25. The molecule has 0 amide bonds. The van der Waals surface area contributed by atoms with Crippen LogP contribution in [0.15, 0.2) is 23.8 Å². The van der Waals surface area contributed by atoms with Crippen LogP contribution in [0.1, 0.15) is 29.8 Å². The van der Waals surface area contributed by atoms with Crippen molar-refractivity contribution in [3.63, 3.8) is 0 Å². The van der Waals surface area contributed by atoms with E-state index in [0.717, 1.165) is 11.3 Å². The number of Topliss-reactive ketones (excluding diaryl/α,β-unsaturated/α-hetero) is 2. The first-order valence-electron chi connectivity index (χ1n) is 6.14. The summed E-state index contributed by atoms with van der Waals surface area (Å²) in [5.74, 6) is 0.715. The summed E-state index contributed by atoms with van der Waals surface area (Å²) in [5.41, 5.74) is 1.49. The van der Waals surface area contributed by atoms with E-state index in [0.29, 0.717) is 24.3 Å². The van der Waals surface area contributed by atoms with Crippen LogP contribution in [0, 0.1) is 0 Å². The second kappa shape index (κ2) is 5.26. The summed E-state index contributed by atoms with van der Waals surface area (Å²) in [6.07, 6.45) is 2.25. The van der Waals surface area contributed by atoms with Crippen molar-refractivity contribution in [3.05, 3.63) is 34.9 Å². The minimum atomic E-state index is -0.304. The molecule has 1 aromatic carbocycles. The molecule has 0 unspecified atom stereocenters. The maximum atomic E-state index is 12.4. The van der Waals surface area contributed by atoms with Gasteiger partial charge >= 0.3 is 0 Å². The van der Waals surface area contributed by atoms with E-state index >= 15 is 0 Å². The maximum absolute atomic E-state index is 12.4. The molecule has 0 atom stereocenters. The van der Waals surface area contributed by atoms with Crippen molar-refractivity contribution in [1.29, 1.82) is 0 Å². The smallest absolute Gasteiger partial charge is 0.199 e. The summed E-state index contributed by atoms with van der Waals surface area (Å²) in [4.78, 5) is 23.9. The molecule has 0 saturated heterocycles. The van der Waals surface area contributed by atoms with Gasteiger partial charge in [-0.1, -0.05) is 6.08 Å². The van der Waals surface area contributed by atoms with Gasteiger partial charge < -0.3 is 9.47 Å². The number of ketones is 2. The zero-order valence-corrected chi connectivity index (χ0v) is 11.3. The summed E-state index contributed by atoms with van der Waals surface area (Å²) in [6.45, 7) is 3.65. The van der Waals surface area contributed by atoms with E-state index in [1.54, 1.807) is 19.1 Å². The van der Waals surface area contributed by atoms with Crippen LogP contribution in [0.5, 0.6) is 11.5 Å². The number of allylic oxidation sites excluding steroid dienone is 2. The zero-order valence-electron chi connectivity index (χ0n) is 11.3. The fraction of sp³-hybridized carbons (Fsp3) is 0.333. The SMILES string of the molecule is C/C=C(/C(C)=O)C(=O)c1ccc2c(c1OC)CCO2. The molecule has 0 bridgehead atoms. The molecule has 1 aromatic rings. The molecule has 1 aliphatic rings. The van der Waals surface area contributed by atoms with E-state index in [4.69, 9.17) is 9.47 Å². The van der Waals surface area contributed by atoms with E-state index in [1.807, 2.05) is 0 Å². The first kappa shape index (κ1) is 13.3. The van der Waals surface area contributed by atoms with Crippen molar-refractivity contribution >= 4 is 11.6 Å². The van der Waals surface area contributed by atoms with Crippen LogP contribution in [0.25, 0.3) is 0 Å². The molecule has 100 valence electrons. The van der Waals surface area contributed by atoms with Gasteiger partial charge in [-0.3, -0.25) is 9.59 Å². The molecule has 1 aliphatic heterocycles. The third-order valence-corrected chi connectivity index (χ3v) is 3.19. The highest BCUT2D eigenvalue weighted by molar-refractivity contribution is 6.26. The molecule has 19 heavy (non-hydrogen) atoms. The topological polar surface area (TPSA) is 52.6 Å². The Morgan fingerprint density at radius 3 is 2.68 bits per heavy atom. The van der Waals surface area contributed by atoms with Crippen LogP contribution in [0.4, 0.5) is 0 Å². The third-order valence-electron chi connectivity index (χ3n) is 3.19. The minimum absolute atomic E-state index is 0.178. The largest absolute Gasteiger partial charge is 0.496 e. The van der Waals surface area contributed by atoms with Gasteiger partial charge in [0.1, 0.15) is 11.5 Å². The van der Waals surface area contributed by atoms with Gasteiger partial charge in [0.15, 0.2) is 11.6 Å². The molecule has 0 N–H and O–H groups in total. The Hall–Kier alpha value is -2.10. The molecule has 0 aromatic heterocycles. The lowest BCUT2D eigenvalue weighted by Crippen LogP contribution is -2.12. The second-order valence-electron chi connectivity index (χ2n) is 4.31. The Kier molecular flexibility index (Phi) is 3.69. The van der Waals surface area contributed by atoms with Crippen LogP contribution in [-0.2, 0) is 11.2 Å². The molecule has 4 nitrogen and oxygen atoms in total. The number of hydrogen-bond donors (Lipinski definition) is 0. The standard InChI is InChI=1S/C15H16O4/c1-4-10(9(2)16)14(17)12-5-6-13-11(7-8-19-13)15(12)18-3/h4-6H,7-8H2,1-3H3/b10-4-. The lowest BCUT2D eigenvalue weighted by molar-refractivity contribution is -0.113. The number of fused-ring (bicyclic) bond motifs is 1. The Labute approximate surface area is 112 Å². The van der Waals surface area contributed by atoms with E-state index in [9.17, 15) is 9.59 Å². The van der Waals surface area contributed by atoms with Gasteiger partial charge in [0.25, 0.3) is 0 Å². The molecule has 0 aliphatic carbocycles. The number of carbonyl (C=O) groups is 2. The number of methoxy groups -OCH3 is 1. The lowest BCUT2D eigenvalue weighted by atomic mass is 9.97. The highest BCUT2D eigenvalue weighted by Crippen LogP contribution is 2.37. The van der Waals surface area contributed by atoms with Crippen LogP contribution >= 0.6 is 0 Å². The predicted octanol–water partition coefficient (Wildman–Crippen LogP) is 2.35. The van der Waals surface area contributed by atoms with Crippen LogP contribution in [0.3, 0.4) is 0 Å². The lowest BCUT2D eigenvalue weighted by Gasteiger charge is -2.12. The zero-order chi connectivity index (χ0) is 14.0. The Balaban J connectivity index is 2.52. The molecule has 0 radical (unpaired) electrons. The van der Waals surface area contributed by atoms with Crippen LogP contribution in [0.2, 0.25) is 0 Å². The quantitative estimate of drug-likeness (QED) is 0.361. The second-order valence-corrected chi connectivity index (χ2v) is 4.31. The van der Waals surface area contributed by atoms with E-state index in [1.165, 1.54) is 20.1 Å². The summed E-state index contributed by atoms with van der Waals surface area (Å²) in [5, 5.41) is 0. The van der Waals surface area contributed by atoms with Crippen molar-refractivity contribution < 1.29 is 19.1 Å². The van der Waals surface area contributed by atoms with Crippen molar-refractivity contribution in [2.24, 2.45) is 0 Å². The van der Waals surface area contributed by atoms with Crippen molar-refractivity contribution in [1.82, 2.24) is 0 Å². The molecular weight excluding hydrogens is 244 g/mol. The van der Waals surface area contributed by atoms with E-state index in [2.05, 4.69) is 0 Å². The monoisotopic (exact) mass is 260 g/mol. The molecule has 0 saturated carbocycles. The molecule has 1 heterocycles. The third kappa shape index (κ3) is 2.26. The predicted molar refractivity (Wildman–Crippen MR) is 71.0 cm³/mol. The van der Waals surface area contributed by atoms with Gasteiger partial charge in [0.2, 0.25) is 0 Å². The van der Waals surface area contributed by atoms with Gasteiger partial charge in [-0.25, -0.2) is 0 Å². The number of carbonyl (C=O) groups excluding carboxylic acids is 2. The van der Waals surface area contributed by atoms with Gasteiger partial charge in [-0.05, 0) is 26.0 Å². The van der Waals surface area contributed by atoms with Crippen LogP contribution < -0.4 is 9.47 Å². The molecule has 2 rings (SSSR count). The van der Waals surface area contributed by atoms with Gasteiger partial charge in [0, 0.05) is 12.0 Å². The molecular formula is C15H16O4. The van der Waals surface area contributed by atoms with Gasteiger partial charge in [-0.2, -0.15) is 0 Å². The fourth-order valence-electron chi connectivity index (χ4n) is 2.30. The van der Waals surface area contributed by atoms with E-state index < -0.39 is 0 Å². The maximum Gasteiger partial charge on any atom is 0.199 e. The van der Waals surface area contributed by atoms with E-state index in [-0.39, 0.29) is 17.1 Å². The average molecular weight is 260 g/mol. The fourth-order valence-corrected chi connectivity index (χ4v) is 2.30. The van der Waals surface area contributed by atoms with Gasteiger partial charge in [0.05, 0.1) is 24.9 Å². The highest BCUT2D eigenvalue weighted by atomic mass is 16.5.